The Hall–Kier alpha value is -1.75. The summed E-state index contributed by atoms with van der Waals surface area (Å²) in [5.74, 6) is 0.0167. The van der Waals surface area contributed by atoms with Crippen LogP contribution < -0.4 is 4.74 Å². The van der Waals surface area contributed by atoms with Gasteiger partial charge in [0.1, 0.15) is 11.3 Å². The van der Waals surface area contributed by atoms with Crippen LogP contribution in [0, 0.1) is 0 Å². The van der Waals surface area contributed by atoms with Crippen molar-refractivity contribution < 1.29 is 14.3 Å². The minimum Gasteiger partial charge on any atom is -0.482 e. The van der Waals surface area contributed by atoms with Gasteiger partial charge in [-0.15, -0.1) is 0 Å². The van der Waals surface area contributed by atoms with E-state index in [1.54, 1.807) is 37.4 Å². The number of carbonyl (C=O) groups is 2. The van der Waals surface area contributed by atoms with Crippen molar-refractivity contribution in [1.82, 2.24) is 4.90 Å². The minimum absolute atomic E-state index is 0.00720. The number of halogens is 3. The maximum Gasteiger partial charge on any atom is 0.261 e. The molecule has 0 N–H and O–H groups in total. The first kappa shape index (κ1) is 21.0. The van der Waals surface area contributed by atoms with Crippen molar-refractivity contribution in [3.05, 3.63) is 63.1 Å². The highest BCUT2D eigenvalue weighted by atomic mass is 35.5. The number of amides is 1. The van der Waals surface area contributed by atoms with Crippen molar-refractivity contribution in [1.29, 1.82) is 0 Å². The largest absolute Gasteiger partial charge is 0.482 e. The highest BCUT2D eigenvalue weighted by Crippen LogP contribution is 2.42. The topological polar surface area (TPSA) is 46.6 Å². The summed E-state index contributed by atoms with van der Waals surface area (Å²) in [7, 11) is 1.63. The Bertz CT molecular complexity index is 902. The third-order valence-corrected chi connectivity index (χ3v) is 6.02. The third-order valence-electron chi connectivity index (χ3n) is 5.16. The van der Waals surface area contributed by atoms with E-state index in [1.807, 2.05) is 12.1 Å². The number of nitrogens with zero attached hydrogens (tertiary/aromatic N) is 1. The molecule has 0 saturated heterocycles. The van der Waals surface area contributed by atoms with Gasteiger partial charge in [-0.1, -0.05) is 53.0 Å². The van der Waals surface area contributed by atoms with Gasteiger partial charge in [-0.05, 0) is 43.5 Å². The predicted molar refractivity (Wildman–Crippen MR) is 111 cm³/mol. The minimum atomic E-state index is -1.08. The van der Waals surface area contributed by atoms with Crippen LogP contribution in [0.3, 0.4) is 0 Å². The summed E-state index contributed by atoms with van der Waals surface area (Å²) in [5.41, 5.74) is -0.428. The van der Waals surface area contributed by atoms with Crippen LogP contribution in [0.2, 0.25) is 15.1 Å². The number of Topliss-reactive ketones (excluding diaryl/α,β-unsaturated/α-hetero) is 1. The Morgan fingerprint density at radius 2 is 1.86 bits per heavy atom. The fraction of sp³-hybridized carbons (Fsp3) is 0.333. The Morgan fingerprint density at radius 3 is 2.54 bits per heavy atom. The molecule has 1 aliphatic carbocycles. The molecule has 0 unspecified atom stereocenters. The van der Waals surface area contributed by atoms with Crippen molar-refractivity contribution in [3.8, 4) is 5.75 Å². The number of ether oxygens (including phenoxy) is 1. The molecule has 7 heteroatoms. The summed E-state index contributed by atoms with van der Waals surface area (Å²) in [5, 5.41) is 1.27. The van der Waals surface area contributed by atoms with Crippen LogP contribution in [0.5, 0.6) is 5.75 Å². The van der Waals surface area contributed by atoms with Crippen LogP contribution in [-0.2, 0) is 15.1 Å². The molecular formula is C21H20Cl3NO3. The molecule has 28 heavy (non-hydrogen) atoms. The molecule has 1 fully saturated rings. The molecule has 1 aliphatic rings. The first-order chi connectivity index (χ1) is 13.4. The Kier molecular flexibility index (Phi) is 6.54. The molecule has 2 aromatic carbocycles. The maximum atomic E-state index is 13.1. The van der Waals surface area contributed by atoms with Gasteiger partial charge in [-0.2, -0.15) is 0 Å². The van der Waals surface area contributed by atoms with Crippen molar-refractivity contribution >= 4 is 46.5 Å². The van der Waals surface area contributed by atoms with Crippen molar-refractivity contribution in [2.45, 2.75) is 31.2 Å². The number of hydrogen-bond acceptors (Lipinski definition) is 3. The van der Waals surface area contributed by atoms with Gasteiger partial charge in [0.15, 0.2) is 12.4 Å². The Labute approximate surface area is 179 Å². The molecule has 0 aromatic heterocycles. The maximum absolute atomic E-state index is 13.1. The molecule has 0 radical (unpaired) electrons. The summed E-state index contributed by atoms with van der Waals surface area (Å²) in [6.07, 6.45) is 2.58. The van der Waals surface area contributed by atoms with Crippen LogP contribution in [0.15, 0.2) is 42.5 Å². The second-order valence-electron chi connectivity index (χ2n) is 6.79. The SMILES string of the molecule is CN(C(=O)COc1ccc(Cl)cc1Cl)[C@@]1(c2ccccc2Cl)CCCCC1=O. The number of carbonyl (C=O) groups excluding carboxylic acids is 2. The average molecular weight is 441 g/mol. The number of benzene rings is 2. The van der Waals surface area contributed by atoms with E-state index in [-0.39, 0.29) is 18.3 Å². The molecule has 0 heterocycles. The summed E-state index contributed by atoms with van der Waals surface area (Å²) < 4.78 is 5.59. The molecule has 0 bridgehead atoms. The smallest absolute Gasteiger partial charge is 0.261 e. The van der Waals surface area contributed by atoms with Gasteiger partial charge in [-0.25, -0.2) is 0 Å². The van der Waals surface area contributed by atoms with Gasteiger partial charge in [0.2, 0.25) is 0 Å². The second kappa shape index (κ2) is 8.73. The second-order valence-corrected chi connectivity index (χ2v) is 8.04. The predicted octanol–water partition coefficient (Wildman–Crippen LogP) is 5.52. The zero-order valence-electron chi connectivity index (χ0n) is 15.4. The highest BCUT2D eigenvalue weighted by molar-refractivity contribution is 6.35. The lowest BCUT2D eigenvalue weighted by Gasteiger charge is -2.43. The van der Waals surface area contributed by atoms with Crippen LogP contribution in [0.1, 0.15) is 31.2 Å². The third kappa shape index (κ3) is 4.00. The molecule has 1 saturated carbocycles. The van der Waals surface area contributed by atoms with Crippen molar-refractivity contribution in [3.63, 3.8) is 0 Å². The molecule has 3 rings (SSSR count). The first-order valence-electron chi connectivity index (χ1n) is 8.99. The molecule has 1 atom stereocenters. The van der Waals surface area contributed by atoms with Gasteiger partial charge in [-0.3, -0.25) is 9.59 Å². The van der Waals surface area contributed by atoms with E-state index in [4.69, 9.17) is 39.5 Å². The standard InChI is InChI=1S/C21H20Cl3NO3/c1-25(20(27)13-28-18-10-9-14(22)12-17(18)24)21(11-5-4-8-19(21)26)15-6-2-3-7-16(15)23/h2-3,6-7,9-10,12H,4-5,8,11,13H2,1H3/t21-/m1/s1. The van der Waals surface area contributed by atoms with Gasteiger partial charge < -0.3 is 9.64 Å². The van der Waals surface area contributed by atoms with Crippen molar-refractivity contribution in [2.75, 3.05) is 13.7 Å². The average Bonchev–Trinajstić information content (AvgIpc) is 2.68. The highest BCUT2D eigenvalue weighted by Gasteiger charge is 2.47. The van der Waals surface area contributed by atoms with Gasteiger partial charge in [0.25, 0.3) is 5.91 Å². The molecule has 4 nitrogen and oxygen atoms in total. The van der Waals surface area contributed by atoms with Crippen LogP contribution in [0.4, 0.5) is 0 Å². The van der Waals surface area contributed by atoms with E-state index in [0.29, 0.717) is 39.2 Å². The van der Waals surface area contributed by atoms with Gasteiger partial charge >= 0.3 is 0 Å². The zero-order chi connectivity index (χ0) is 20.3. The van der Waals surface area contributed by atoms with E-state index in [1.165, 1.54) is 4.90 Å². The molecule has 0 spiro atoms. The van der Waals surface area contributed by atoms with Crippen molar-refractivity contribution in [2.24, 2.45) is 0 Å². The lowest BCUT2D eigenvalue weighted by atomic mass is 9.74. The van der Waals surface area contributed by atoms with Crippen LogP contribution in [0.25, 0.3) is 0 Å². The van der Waals surface area contributed by atoms with Gasteiger partial charge in [0, 0.05) is 29.1 Å². The number of ketones is 1. The Morgan fingerprint density at radius 1 is 1.11 bits per heavy atom. The van der Waals surface area contributed by atoms with E-state index in [9.17, 15) is 9.59 Å². The molecular weight excluding hydrogens is 421 g/mol. The fourth-order valence-corrected chi connectivity index (χ4v) is 4.43. The number of hydrogen-bond donors (Lipinski definition) is 0. The van der Waals surface area contributed by atoms with E-state index in [2.05, 4.69) is 0 Å². The molecule has 1 amide bonds. The van der Waals surface area contributed by atoms with Crippen LogP contribution in [-0.4, -0.2) is 30.2 Å². The summed E-state index contributed by atoms with van der Waals surface area (Å²) in [6.45, 7) is -0.253. The molecule has 148 valence electrons. The first-order valence-corrected chi connectivity index (χ1v) is 10.1. The zero-order valence-corrected chi connectivity index (χ0v) is 17.7. The lowest BCUT2D eigenvalue weighted by molar-refractivity contribution is -0.149. The van der Waals surface area contributed by atoms with E-state index < -0.39 is 5.54 Å². The molecule has 2 aromatic rings. The number of rotatable bonds is 5. The Balaban J connectivity index is 1.87. The summed E-state index contributed by atoms with van der Waals surface area (Å²) in [6, 6.07) is 12.0. The van der Waals surface area contributed by atoms with Crippen LogP contribution >= 0.6 is 34.8 Å². The van der Waals surface area contributed by atoms with E-state index in [0.717, 1.165) is 12.8 Å². The van der Waals surface area contributed by atoms with E-state index >= 15 is 0 Å². The number of likely N-dealkylation sites (N-methyl/N-ethyl adjacent to an activating group) is 1. The fourth-order valence-electron chi connectivity index (χ4n) is 3.67. The quantitative estimate of drug-likeness (QED) is 0.615. The summed E-state index contributed by atoms with van der Waals surface area (Å²) >= 11 is 18.4. The summed E-state index contributed by atoms with van der Waals surface area (Å²) in [4.78, 5) is 27.5. The monoisotopic (exact) mass is 439 g/mol. The molecule has 0 aliphatic heterocycles. The van der Waals surface area contributed by atoms with Gasteiger partial charge in [0.05, 0.1) is 5.02 Å². The lowest BCUT2D eigenvalue weighted by Crippen LogP contribution is -2.55. The normalized spacial score (nSPS) is 19.4.